The van der Waals surface area contributed by atoms with Gasteiger partial charge in [-0.15, -0.1) is 5.10 Å². The van der Waals surface area contributed by atoms with Gasteiger partial charge in [-0.1, -0.05) is 5.21 Å². The van der Waals surface area contributed by atoms with Crippen molar-refractivity contribution in [3.8, 4) is 0 Å². The summed E-state index contributed by atoms with van der Waals surface area (Å²) in [6.07, 6.45) is -4.99. The molecule has 1 heterocycles. The molecule has 1 fully saturated rings. The summed E-state index contributed by atoms with van der Waals surface area (Å²) in [6.45, 7) is -0.0637. The van der Waals surface area contributed by atoms with Crippen LogP contribution in [0.15, 0.2) is 6.20 Å². The number of hydrogen-bond acceptors (Lipinski definition) is 3. The van der Waals surface area contributed by atoms with E-state index in [0.29, 0.717) is 12.1 Å². The first-order valence-corrected chi connectivity index (χ1v) is 5.53. The average molecular weight is 312 g/mol. The second kappa shape index (κ2) is 5.15. The van der Waals surface area contributed by atoms with Gasteiger partial charge in [0.15, 0.2) is 0 Å². The summed E-state index contributed by atoms with van der Waals surface area (Å²) in [5, 5.41) is 15.1. The second-order valence-electron chi connectivity index (χ2n) is 4.30. The lowest BCUT2D eigenvalue weighted by Gasteiger charge is -2.30. The quantitative estimate of drug-likeness (QED) is 0.869. The van der Waals surface area contributed by atoms with Gasteiger partial charge >= 0.3 is 18.0 Å². The Balaban J connectivity index is 2.28. The van der Waals surface area contributed by atoms with Crippen LogP contribution in [0.2, 0.25) is 0 Å². The SMILES string of the molecule is OC(c1cn(C[C]2[CH][CH][CH][CH]2)nn1)(C(F)(F)F)C(F)(F)F. The number of halogens is 6. The topological polar surface area (TPSA) is 50.9 Å². The smallest absolute Gasteiger partial charge is 0.368 e. The van der Waals surface area contributed by atoms with E-state index in [2.05, 4.69) is 10.3 Å². The number of aliphatic hydroxyl groups is 1. The van der Waals surface area contributed by atoms with Crippen molar-refractivity contribution in [2.75, 3.05) is 0 Å². The van der Waals surface area contributed by atoms with Crippen molar-refractivity contribution in [2.24, 2.45) is 0 Å². The fourth-order valence-corrected chi connectivity index (χ4v) is 1.70. The molecule has 1 N–H and O–H groups in total. The molecule has 0 aromatic carbocycles. The van der Waals surface area contributed by atoms with Crippen LogP contribution in [-0.4, -0.2) is 32.5 Å². The van der Waals surface area contributed by atoms with Crippen LogP contribution >= 0.6 is 0 Å². The molecular formula is C11H8F6N3O. The molecule has 1 aliphatic rings. The molecule has 10 heteroatoms. The van der Waals surface area contributed by atoms with E-state index in [1.807, 2.05) is 0 Å². The molecule has 4 nitrogen and oxygen atoms in total. The lowest BCUT2D eigenvalue weighted by atomic mass is 9.99. The monoisotopic (exact) mass is 312 g/mol. The third kappa shape index (κ3) is 2.85. The van der Waals surface area contributed by atoms with Crippen molar-refractivity contribution in [3.63, 3.8) is 0 Å². The molecule has 1 saturated carbocycles. The van der Waals surface area contributed by atoms with Gasteiger partial charge in [0.2, 0.25) is 0 Å². The maximum absolute atomic E-state index is 12.6. The third-order valence-corrected chi connectivity index (χ3v) is 2.81. The molecule has 0 aliphatic heterocycles. The molecule has 1 aromatic rings. The summed E-state index contributed by atoms with van der Waals surface area (Å²) in [4.78, 5) is 0. The van der Waals surface area contributed by atoms with E-state index in [0.717, 1.165) is 4.68 Å². The molecule has 1 aliphatic carbocycles. The molecule has 0 unspecified atom stereocenters. The van der Waals surface area contributed by atoms with Gasteiger partial charge in [0.25, 0.3) is 0 Å². The minimum atomic E-state index is -5.97. The van der Waals surface area contributed by atoms with Crippen LogP contribution in [0.5, 0.6) is 0 Å². The van der Waals surface area contributed by atoms with Crippen molar-refractivity contribution in [2.45, 2.75) is 24.5 Å². The summed E-state index contributed by atoms with van der Waals surface area (Å²) in [5.41, 5.74) is -6.67. The van der Waals surface area contributed by atoms with Crippen molar-refractivity contribution in [1.82, 2.24) is 15.0 Å². The summed E-state index contributed by atoms with van der Waals surface area (Å²) >= 11 is 0. The van der Waals surface area contributed by atoms with Gasteiger partial charge < -0.3 is 5.11 Å². The number of aromatic nitrogens is 3. The van der Waals surface area contributed by atoms with Gasteiger partial charge in [-0.3, -0.25) is 4.68 Å². The third-order valence-electron chi connectivity index (χ3n) is 2.81. The summed E-state index contributed by atoms with van der Waals surface area (Å²) in [6, 6.07) is 0. The fraction of sp³-hybridized carbons (Fsp3) is 0.364. The van der Waals surface area contributed by atoms with Gasteiger partial charge in [0, 0.05) is 12.5 Å². The maximum Gasteiger partial charge on any atom is 0.432 e. The molecule has 0 amide bonds. The minimum absolute atomic E-state index is 0.0637. The number of hydrogen-bond donors (Lipinski definition) is 1. The van der Waals surface area contributed by atoms with Gasteiger partial charge in [-0.2, -0.15) is 26.3 Å². The molecule has 0 saturated heterocycles. The van der Waals surface area contributed by atoms with Gasteiger partial charge in [0.05, 0.1) is 6.20 Å². The van der Waals surface area contributed by atoms with E-state index >= 15 is 0 Å². The normalized spacial score (nSPS) is 18.4. The van der Waals surface area contributed by atoms with Crippen LogP contribution < -0.4 is 0 Å². The molecule has 2 rings (SSSR count). The van der Waals surface area contributed by atoms with Crippen molar-refractivity contribution >= 4 is 0 Å². The van der Waals surface area contributed by atoms with E-state index in [1.165, 1.54) is 0 Å². The summed E-state index contributed by atoms with van der Waals surface area (Å²) in [5.74, 6) is 0.619. The molecular weight excluding hydrogens is 304 g/mol. The minimum Gasteiger partial charge on any atom is -0.368 e. The van der Waals surface area contributed by atoms with E-state index in [9.17, 15) is 26.3 Å². The fourth-order valence-electron chi connectivity index (χ4n) is 1.70. The largest absolute Gasteiger partial charge is 0.432 e. The Morgan fingerprint density at radius 1 is 1.00 bits per heavy atom. The molecule has 0 spiro atoms. The predicted molar refractivity (Wildman–Crippen MR) is 56.5 cm³/mol. The van der Waals surface area contributed by atoms with Crippen LogP contribution in [0, 0.1) is 31.6 Å². The van der Waals surface area contributed by atoms with Gasteiger partial charge in [-0.05, 0) is 25.7 Å². The molecule has 0 atom stereocenters. The Kier molecular flexibility index (Phi) is 3.94. The van der Waals surface area contributed by atoms with Crippen LogP contribution in [-0.2, 0) is 12.1 Å². The highest BCUT2D eigenvalue weighted by atomic mass is 19.4. The first-order chi connectivity index (χ1) is 9.55. The van der Waals surface area contributed by atoms with Crippen molar-refractivity contribution < 1.29 is 31.4 Å². The number of alkyl halides is 6. The zero-order valence-electron chi connectivity index (χ0n) is 10.2. The standard InChI is InChI=1S/C11H8F6N3O/c12-10(13,14)9(21,11(15,16)17)8-6-20(19-18-8)5-7-3-1-2-4-7/h1-4,6,21H,5H2. The highest BCUT2D eigenvalue weighted by Crippen LogP contribution is 2.49. The highest BCUT2D eigenvalue weighted by Gasteiger charge is 2.73. The Hall–Kier alpha value is -1.32. The molecule has 0 bridgehead atoms. The Morgan fingerprint density at radius 3 is 2.00 bits per heavy atom. The summed E-state index contributed by atoms with van der Waals surface area (Å²) in [7, 11) is 0. The van der Waals surface area contributed by atoms with Crippen LogP contribution in [0.4, 0.5) is 26.3 Å². The zero-order valence-corrected chi connectivity index (χ0v) is 10.2. The van der Waals surface area contributed by atoms with E-state index < -0.39 is 23.6 Å². The zero-order chi connectivity index (χ0) is 15.9. The maximum atomic E-state index is 12.6. The Morgan fingerprint density at radius 2 is 1.52 bits per heavy atom. The van der Waals surface area contributed by atoms with Gasteiger partial charge in [-0.25, -0.2) is 0 Å². The van der Waals surface area contributed by atoms with E-state index in [-0.39, 0.29) is 6.54 Å². The van der Waals surface area contributed by atoms with E-state index in [1.54, 1.807) is 25.7 Å². The van der Waals surface area contributed by atoms with Crippen molar-refractivity contribution in [1.29, 1.82) is 0 Å². The molecule has 5 radical (unpaired) electrons. The number of rotatable bonds is 3. The summed E-state index contributed by atoms with van der Waals surface area (Å²) < 4.78 is 76.5. The van der Waals surface area contributed by atoms with Crippen LogP contribution in [0.1, 0.15) is 5.69 Å². The second-order valence-corrected chi connectivity index (χ2v) is 4.30. The average Bonchev–Trinajstić information content (AvgIpc) is 2.97. The number of nitrogens with zero attached hydrogens (tertiary/aromatic N) is 3. The lowest BCUT2D eigenvalue weighted by molar-refractivity contribution is -0.377. The molecule has 21 heavy (non-hydrogen) atoms. The van der Waals surface area contributed by atoms with Crippen LogP contribution in [0.3, 0.4) is 0 Å². The van der Waals surface area contributed by atoms with Gasteiger partial charge in [0.1, 0.15) is 5.69 Å². The lowest BCUT2D eigenvalue weighted by Crippen LogP contribution is -2.54. The highest BCUT2D eigenvalue weighted by molar-refractivity contribution is 5.35. The first kappa shape index (κ1) is 16.1. The molecule has 115 valence electrons. The van der Waals surface area contributed by atoms with Crippen LogP contribution in [0.25, 0.3) is 0 Å². The first-order valence-electron chi connectivity index (χ1n) is 5.53. The Labute approximate surface area is 115 Å². The molecule has 1 aromatic heterocycles. The van der Waals surface area contributed by atoms with Crippen molar-refractivity contribution in [3.05, 3.63) is 43.5 Å². The predicted octanol–water partition coefficient (Wildman–Crippen LogP) is 2.00. The van der Waals surface area contributed by atoms with E-state index in [4.69, 9.17) is 5.11 Å². The Bertz CT molecular complexity index is 475.